The summed E-state index contributed by atoms with van der Waals surface area (Å²) in [6.07, 6.45) is 1.16. The van der Waals surface area contributed by atoms with E-state index in [9.17, 15) is 19.5 Å². The molecule has 2 aromatic rings. The maximum atomic E-state index is 12.2. The van der Waals surface area contributed by atoms with Crippen LogP contribution in [0.1, 0.15) is 26.3 Å². The minimum absolute atomic E-state index is 0.0289. The van der Waals surface area contributed by atoms with Gasteiger partial charge in [0.25, 0.3) is 11.8 Å². The first kappa shape index (κ1) is 21.4. The van der Waals surface area contributed by atoms with E-state index in [1.807, 2.05) is 0 Å². The van der Waals surface area contributed by atoms with Crippen LogP contribution in [0.15, 0.2) is 35.4 Å². The van der Waals surface area contributed by atoms with E-state index in [-0.39, 0.29) is 36.0 Å². The van der Waals surface area contributed by atoms with Gasteiger partial charge in [-0.1, -0.05) is 0 Å². The Labute approximate surface area is 176 Å². The molecule has 3 N–H and O–H groups in total. The Morgan fingerprint density at radius 3 is 2.61 bits per heavy atom. The number of carboxylic acids is 1. The van der Waals surface area contributed by atoms with Gasteiger partial charge in [-0.2, -0.15) is 5.10 Å². The van der Waals surface area contributed by atoms with Crippen LogP contribution in [0.3, 0.4) is 0 Å². The fraction of sp³-hybridized carbons (Fsp3) is 0.200. The largest absolute Gasteiger partial charge is 0.493 e. The Morgan fingerprint density at radius 1 is 1.13 bits per heavy atom. The number of carbonyl (C=O) groups is 3. The molecule has 0 atom stereocenters. The van der Waals surface area contributed by atoms with E-state index in [2.05, 4.69) is 15.8 Å². The third kappa shape index (κ3) is 4.83. The minimum atomic E-state index is -1.25. The molecule has 162 valence electrons. The molecule has 11 nitrogen and oxygen atoms in total. The zero-order valence-electron chi connectivity index (χ0n) is 16.6. The van der Waals surface area contributed by atoms with Crippen LogP contribution < -0.4 is 29.7 Å². The van der Waals surface area contributed by atoms with Gasteiger partial charge in [0.15, 0.2) is 23.0 Å². The Hall–Kier alpha value is -4.28. The second kappa shape index (κ2) is 9.48. The summed E-state index contributed by atoms with van der Waals surface area (Å²) in [6.45, 7) is -0.257. The smallest absolute Gasteiger partial charge is 0.340 e. The molecule has 0 fully saturated rings. The normalized spacial score (nSPS) is 11.8. The van der Waals surface area contributed by atoms with Gasteiger partial charge >= 0.3 is 5.97 Å². The number of nitrogens with zero attached hydrogens (tertiary/aromatic N) is 1. The zero-order valence-corrected chi connectivity index (χ0v) is 16.6. The highest BCUT2D eigenvalue weighted by molar-refractivity contribution is 6.02. The summed E-state index contributed by atoms with van der Waals surface area (Å²) in [5.74, 6) is -1.08. The van der Waals surface area contributed by atoms with E-state index < -0.39 is 17.8 Å². The first-order chi connectivity index (χ1) is 14.9. The number of nitrogens with one attached hydrogen (secondary N) is 2. The van der Waals surface area contributed by atoms with Crippen molar-refractivity contribution in [3.63, 3.8) is 0 Å². The molecule has 1 aliphatic heterocycles. The maximum Gasteiger partial charge on any atom is 0.340 e. The van der Waals surface area contributed by atoms with Gasteiger partial charge in [0.2, 0.25) is 6.79 Å². The van der Waals surface area contributed by atoms with Crippen LogP contribution in [0.25, 0.3) is 0 Å². The highest BCUT2D eigenvalue weighted by Gasteiger charge is 2.20. The third-order valence-electron chi connectivity index (χ3n) is 4.23. The highest BCUT2D eigenvalue weighted by atomic mass is 16.7. The van der Waals surface area contributed by atoms with Gasteiger partial charge in [-0.15, -0.1) is 0 Å². The number of hydrogen-bond donors (Lipinski definition) is 3. The van der Waals surface area contributed by atoms with Gasteiger partial charge < -0.3 is 29.4 Å². The third-order valence-corrected chi connectivity index (χ3v) is 4.23. The number of ether oxygens (including phenoxy) is 4. The molecule has 0 unspecified atom stereocenters. The molecule has 0 bridgehead atoms. The topological polar surface area (TPSA) is 145 Å². The molecule has 0 spiro atoms. The van der Waals surface area contributed by atoms with Crippen molar-refractivity contribution in [3.05, 3.63) is 47.0 Å². The van der Waals surface area contributed by atoms with Crippen LogP contribution >= 0.6 is 0 Å². The molecule has 0 aliphatic carbocycles. The first-order valence-electron chi connectivity index (χ1n) is 8.92. The van der Waals surface area contributed by atoms with E-state index in [0.29, 0.717) is 17.1 Å². The Morgan fingerprint density at radius 2 is 1.90 bits per heavy atom. The summed E-state index contributed by atoms with van der Waals surface area (Å²) in [5.41, 5.74) is 2.54. The van der Waals surface area contributed by atoms with Crippen molar-refractivity contribution in [3.8, 4) is 23.0 Å². The summed E-state index contributed by atoms with van der Waals surface area (Å²) in [4.78, 5) is 35.7. The van der Waals surface area contributed by atoms with E-state index in [1.165, 1.54) is 32.4 Å². The second-order valence-corrected chi connectivity index (χ2v) is 6.11. The predicted molar refractivity (Wildman–Crippen MR) is 107 cm³/mol. The molecule has 2 amide bonds. The van der Waals surface area contributed by atoms with E-state index in [0.717, 1.165) is 6.21 Å². The standard InChI is InChI=1S/C20H19N3O8/c1-28-14-6-4-12(17(20(26)27)18(14)29-2)8-22-23-16(24)9-21-19(25)11-3-5-13-15(7-11)31-10-30-13/h3-8H,9-10H2,1-2H3,(H,21,25)(H,23,24)(H,26,27)/b22-8-. The number of methoxy groups -OCH3 is 2. The van der Waals surface area contributed by atoms with Gasteiger partial charge in [-0.3, -0.25) is 9.59 Å². The Kier molecular flexibility index (Phi) is 6.55. The Balaban J connectivity index is 1.59. The monoisotopic (exact) mass is 429 g/mol. The maximum absolute atomic E-state index is 12.2. The molecule has 2 aromatic carbocycles. The molecule has 0 radical (unpaired) electrons. The highest BCUT2D eigenvalue weighted by Crippen LogP contribution is 2.33. The van der Waals surface area contributed by atoms with Crippen molar-refractivity contribution in [2.75, 3.05) is 27.6 Å². The molecule has 1 aliphatic rings. The molecular weight excluding hydrogens is 410 g/mol. The molecule has 3 rings (SSSR count). The quantitative estimate of drug-likeness (QED) is 0.416. The lowest BCUT2D eigenvalue weighted by atomic mass is 10.1. The average Bonchev–Trinajstić information content (AvgIpc) is 3.24. The minimum Gasteiger partial charge on any atom is -0.493 e. The number of hydrogen-bond acceptors (Lipinski definition) is 8. The van der Waals surface area contributed by atoms with Crippen molar-refractivity contribution in [1.82, 2.24) is 10.7 Å². The predicted octanol–water partition coefficient (Wildman–Crippen LogP) is 1.01. The first-order valence-corrected chi connectivity index (χ1v) is 8.92. The fourth-order valence-corrected chi connectivity index (χ4v) is 2.78. The number of hydrazone groups is 1. The van der Waals surface area contributed by atoms with Crippen molar-refractivity contribution in [2.45, 2.75) is 0 Å². The SMILES string of the molecule is COc1ccc(/C=N\NC(=O)CNC(=O)c2ccc3c(c2)OCO3)c(C(=O)O)c1OC. The average molecular weight is 429 g/mol. The molecular formula is C20H19N3O8. The van der Waals surface area contributed by atoms with Crippen molar-refractivity contribution < 1.29 is 38.4 Å². The number of fused-ring (bicyclic) bond motifs is 1. The summed E-state index contributed by atoms with van der Waals surface area (Å²) in [5, 5.41) is 15.7. The molecule has 0 saturated carbocycles. The number of benzene rings is 2. The lowest BCUT2D eigenvalue weighted by Crippen LogP contribution is -2.34. The van der Waals surface area contributed by atoms with E-state index in [4.69, 9.17) is 18.9 Å². The summed E-state index contributed by atoms with van der Waals surface area (Å²) >= 11 is 0. The fourth-order valence-electron chi connectivity index (χ4n) is 2.78. The molecule has 0 aromatic heterocycles. The van der Waals surface area contributed by atoms with Crippen LogP contribution in [-0.4, -0.2) is 56.7 Å². The number of rotatable bonds is 8. The molecule has 1 heterocycles. The van der Waals surface area contributed by atoms with Crippen molar-refractivity contribution in [2.24, 2.45) is 5.10 Å². The van der Waals surface area contributed by atoms with Crippen LogP contribution in [0.2, 0.25) is 0 Å². The summed E-state index contributed by atoms with van der Waals surface area (Å²) in [7, 11) is 2.70. The Bertz CT molecular complexity index is 1050. The number of carboxylic acid groups (broad SMARTS) is 1. The molecule has 0 saturated heterocycles. The van der Waals surface area contributed by atoms with E-state index >= 15 is 0 Å². The number of amides is 2. The van der Waals surface area contributed by atoms with Gasteiger partial charge in [-0.25, -0.2) is 10.2 Å². The summed E-state index contributed by atoms with van der Waals surface area (Å²) < 4.78 is 20.6. The van der Waals surface area contributed by atoms with Crippen molar-refractivity contribution in [1.29, 1.82) is 0 Å². The van der Waals surface area contributed by atoms with Gasteiger partial charge in [0, 0.05) is 11.1 Å². The van der Waals surface area contributed by atoms with Crippen molar-refractivity contribution >= 4 is 24.0 Å². The molecule has 31 heavy (non-hydrogen) atoms. The van der Waals surface area contributed by atoms with Crippen LogP contribution in [0.5, 0.6) is 23.0 Å². The molecule has 11 heteroatoms. The van der Waals surface area contributed by atoms with Gasteiger partial charge in [-0.05, 0) is 30.3 Å². The van der Waals surface area contributed by atoms with Crippen LogP contribution in [0, 0.1) is 0 Å². The second-order valence-electron chi connectivity index (χ2n) is 6.11. The zero-order chi connectivity index (χ0) is 22.4. The van der Waals surface area contributed by atoms with E-state index in [1.54, 1.807) is 12.1 Å². The number of aromatic carboxylic acids is 1. The number of carbonyl (C=O) groups excluding carboxylic acids is 2. The van der Waals surface area contributed by atoms with Gasteiger partial charge in [0.1, 0.15) is 5.56 Å². The lowest BCUT2D eigenvalue weighted by Gasteiger charge is -2.12. The van der Waals surface area contributed by atoms with Crippen LogP contribution in [0.4, 0.5) is 0 Å². The summed E-state index contributed by atoms with van der Waals surface area (Å²) in [6, 6.07) is 7.63. The van der Waals surface area contributed by atoms with Crippen LogP contribution in [-0.2, 0) is 4.79 Å². The lowest BCUT2D eigenvalue weighted by molar-refractivity contribution is -0.120. The van der Waals surface area contributed by atoms with Gasteiger partial charge in [0.05, 0.1) is 27.0 Å².